The van der Waals surface area contributed by atoms with Gasteiger partial charge in [-0.25, -0.2) is 9.59 Å². The molecule has 1 unspecified atom stereocenters. The van der Waals surface area contributed by atoms with Gasteiger partial charge in [-0.15, -0.1) is 11.3 Å². The Morgan fingerprint density at radius 1 is 1.06 bits per heavy atom. The van der Waals surface area contributed by atoms with Crippen LogP contribution in [0.2, 0.25) is 0 Å². The van der Waals surface area contributed by atoms with Gasteiger partial charge in [0.15, 0.2) is 6.61 Å². The van der Waals surface area contributed by atoms with Crippen LogP contribution >= 0.6 is 11.3 Å². The Kier molecular flexibility index (Phi) is 7.15. The number of carbonyl (C=O) groups is 3. The van der Waals surface area contributed by atoms with Crippen LogP contribution in [0.1, 0.15) is 68.1 Å². The maximum Gasteiger partial charge on any atom is 0.341 e. The third-order valence-corrected chi connectivity index (χ3v) is 6.63. The molecule has 1 aromatic heterocycles. The van der Waals surface area contributed by atoms with E-state index >= 15 is 0 Å². The lowest BCUT2D eigenvalue weighted by Gasteiger charge is -2.18. The largest absolute Gasteiger partial charge is 0.462 e. The normalized spacial score (nSPS) is 15.2. The van der Waals surface area contributed by atoms with Gasteiger partial charge >= 0.3 is 11.9 Å². The molecule has 2 aromatic rings. The fraction of sp³-hybridized carbons (Fsp3) is 0.458. The topological polar surface area (TPSA) is 81.7 Å². The Balaban J connectivity index is 1.73. The molecular weight excluding hydrogens is 414 g/mol. The lowest BCUT2D eigenvalue weighted by atomic mass is 9.88. The van der Waals surface area contributed by atoms with Crippen LogP contribution in [0.5, 0.6) is 0 Å². The van der Waals surface area contributed by atoms with E-state index in [0.29, 0.717) is 22.0 Å². The minimum absolute atomic E-state index is 0.264. The number of thiophene rings is 1. The average molecular weight is 444 g/mol. The van der Waals surface area contributed by atoms with Gasteiger partial charge in [-0.05, 0) is 69.6 Å². The highest BCUT2D eigenvalue weighted by molar-refractivity contribution is 7.17. The summed E-state index contributed by atoms with van der Waals surface area (Å²) in [4.78, 5) is 38.8. The molecule has 0 bridgehead atoms. The highest BCUT2D eigenvalue weighted by Crippen LogP contribution is 2.40. The van der Waals surface area contributed by atoms with Crippen molar-refractivity contribution in [3.63, 3.8) is 0 Å². The number of carbonyl (C=O) groups excluding carboxylic acids is 3. The van der Waals surface area contributed by atoms with Crippen LogP contribution in [0.4, 0.5) is 5.00 Å². The molecule has 1 heterocycles. The second kappa shape index (κ2) is 9.64. The molecule has 0 spiro atoms. The maximum atomic E-state index is 12.6. The van der Waals surface area contributed by atoms with Crippen molar-refractivity contribution in [1.82, 2.24) is 0 Å². The smallest absolute Gasteiger partial charge is 0.341 e. The Hall–Kier alpha value is -2.67. The van der Waals surface area contributed by atoms with Gasteiger partial charge < -0.3 is 14.8 Å². The van der Waals surface area contributed by atoms with Crippen LogP contribution in [-0.4, -0.2) is 31.1 Å². The Morgan fingerprint density at radius 2 is 1.71 bits per heavy atom. The van der Waals surface area contributed by atoms with Crippen molar-refractivity contribution in [3.05, 3.63) is 50.4 Å². The van der Waals surface area contributed by atoms with Gasteiger partial charge in [-0.2, -0.15) is 0 Å². The van der Waals surface area contributed by atoms with Gasteiger partial charge in [-0.1, -0.05) is 24.6 Å². The summed E-state index contributed by atoms with van der Waals surface area (Å²) in [5.41, 5.74) is 4.58. The zero-order valence-electron chi connectivity index (χ0n) is 18.7. The zero-order chi connectivity index (χ0) is 22.7. The fourth-order valence-electron chi connectivity index (χ4n) is 4.13. The first kappa shape index (κ1) is 23.0. The van der Waals surface area contributed by atoms with Crippen LogP contribution < -0.4 is 5.32 Å². The van der Waals surface area contributed by atoms with E-state index in [1.54, 1.807) is 6.92 Å². The summed E-state index contributed by atoms with van der Waals surface area (Å²) < 4.78 is 10.5. The second-order valence-electron chi connectivity index (χ2n) is 8.17. The zero-order valence-corrected chi connectivity index (χ0v) is 19.5. The van der Waals surface area contributed by atoms with Crippen molar-refractivity contribution < 1.29 is 23.9 Å². The number of esters is 2. The molecule has 0 radical (unpaired) electrons. The summed E-state index contributed by atoms with van der Waals surface area (Å²) in [6.45, 7) is 9.43. The van der Waals surface area contributed by atoms with Crippen LogP contribution in [0.15, 0.2) is 12.1 Å². The van der Waals surface area contributed by atoms with E-state index in [9.17, 15) is 14.4 Å². The monoisotopic (exact) mass is 443 g/mol. The number of anilines is 1. The minimum Gasteiger partial charge on any atom is -0.462 e. The molecule has 1 aromatic carbocycles. The van der Waals surface area contributed by atoms with Gasteiger partial charge in [0.05, 0.1) is 17.7 Å². The van der Waals surface area contributed by atoms with E-state index < -0.39 is 24.5 Å². The molecule has 1 N–H and O–H groups in total. The molecule has 0 aliphatic heterocycles. The van der Waals surface area contributed by atoms with E-state index in [0.717, 1.165) is 46.4 Å². The molecular formula is C24H29NO5S. The maximum absolute atomic E-state index is 12.6. The Labute approximate surface area is 186 Å². The number of amides is 1. The molecule has 1 amide bonds. The molecule has 1 aliphatic rings. The van der Waals surface area contributed by atoms with Crippen molar-refractivity contribution in [2.75, 3.05) is 18.5 Å². The summed E-state index contributed by atoms with van der Waals surface area (Å²) >= 11 is 1.41. The molecule has 0 saturated carbocycles. The van der Waals surface area contributed by atoms with Gasteiger partial charge in [0.1, 0.15) is 5.00 Å². The quantitative estimate of drug-likeness (QED) is 0.651. The van der Waals surface area contributed by atoms with Crippen molar-refractivity contribution in [2.45, 2.75) is 53.9 Å². The standard InChI is InChI=1S/C24H29NO5S/c1-6-29-24(28)21-17-8-7-13(2)11-18(17)31-22(21)25-19(26)12-30-23(27)20-15(4)9-14(3)10-16(20)5/h9-10,13H,6-8,11-12H2,1-5H3,(H,25,26). The average Bonchev–Trinajstić information content (AvgIpc) is 3.02. The number of hydrogen-bond acceptors (Lipinski definition) is 6. The number of aryl methyl sites for hydroxylation is 3. The fourth-order valence-corrected chi connectivity index (χ4v) is 5.54. The van der Waals surface area contributed by atoms with Gasteiger partial charge in [-0.3, -0.25) is 4.79 Å². The van der Waals surface area contributed by atoms with E-state index in [2.05, 4.69) is 12.2 Å². The highest BCUT2D eigenvalue weighted by atomic mass is 32.1. The molecule has 3 rings (SSSR count). The van der Waals surface area contributed by atoms with Crippen molar-refractivity contribution >= 4 is 34.2 Å². The molecule has 6 nitrogen and oxygen atoms in total. The molecule has 166 valence electrons. The van der Waals surface area contributed by atoms with Gasteiger partial charge in [0.25, 0.3) is 5.91 Å². The summed E-state index contributed by atoms with van der Waals surface area (Å²) in [5, 5.41) is 3.24. The number of nitrogens with one attached hydrogen (secondary N) is 1. The summed E-state index contributed by atoms with van der Waals surface area (Å²) in [5.74, 6) is -0.900. The lowest BCUT2D eigenvalue weighted by Crippen LogP contribution is -2.22. The van der Waals surface area contributed by atoms with Gasteiger partial charge in [0.2, 0.25) is 0 Å². The molecule has 31 heavy (non-hydrogen) atoms. The van der Waals surface area contributed by atoms with E-state index in [-0.39, 0.29) is 6.61 Å². The number of fused-ring (bicyclic) bond motifs is 1. The number of benzene rings is 1. The predicted octanol–water partition coefficient (Wildman–Crippen LogP) is 4.77. The van der Waals surface area contributed by atoms with Crippen molar-refractivity contribution in [2.24, 2.45) is 5.92 Å². The third-order valence-electron chi connectivity index (χ3n) is 5.46. The van der Waals surface area contributed by atoms with Crippen molar-refractivity contribution in [3.8, 4) is 0 Å². The summed E-state index contributed by atoms with van der Waals surface area (Å²) in [7, 11) is 0. The predicted molar refractivity (Wildman–Crippen MR) is 121 cm³/mol. The Morgan fingerprint density at radius 3 is 2.35 bits per heavy atom. The van der Waals surface area contributed by atoms with Crippen LogP contribution in [-0.2, 0) is 27.1 Å². The van der Waals surface area contributed by atoms with Crippen LogP contribution in [0, 0.1) is 26.7 Å². The number of rotatable bonds is 6. The number of ether oxygens (including phenoxy) is 2. The molecule has 0 saturated heterocycles. The molecule has 7 heteroatoms. The van der Waals surface area contributed by atoms with E-state index in [1.165, 1.54) is 11.3 Å². The molecule has 1 aliphatic carbocycles. The van der Waals surface area contributed by atoms with Crippen molar-refractivity contribution in [1.29, 1.82) is 0 Å². The van der Waals surface area contributed by atoms with E-state index in [1.807, 2.05) is 32.9 Å². The molecule has 0 fully saturated rings. The highest BCUT2D eigenvalue weighted by Gasteiger charge is 2.29. The third kappa shape index (κ3) is 5.15. The summed E-state index contributed by atoms with van der Waals surface area (Å²) in [6, 6.07) is 3.82. The first-order chi connectivity index (χ1) is 14.7. The molecule has 1 atom stereocenters. The van der Waals surface area contributed by atoms with Crippen LogP contribution in [0.3, 0.4) is 0 Å². The first-order valence-electron chi connectivity index (χ1n) is 10.6. The summed E-state index contributed by atoms with van der Waals surface area (Å²) in [6.07, 6.45) is 2.66. The van der Waals surface area contributed by atoms with E-state index in [4.69, 9.17) is 9.47 Å². The lowest BCUT2D eigenvalue weighted by molar-refractivity contribution is -0.119. The van der Waals surface area contributed by atoms with Crippen LogP contribution in [0.25, 0.3) is 0 Å². The first-order valence-corrected chi connectivity index (χ1v) is 11.4. The number of hydrogen-bond donors (Lipinski definition) is 1. The minimum atomic E-state index is -0.532. The van der Waals surface area contributed by atoms with Gasteiger partial charge in [0, 0.05) is 4.88 Å². The SMILES string of the molecule is CCOC(=O)c1c(NC(=O)COC(=O)c2c(C)cc(C)cc2C)sc2c1CCC(C)C2. The second-order valence-corrected chi connectivity index (χ2v) is 9.28. The Bertz CT molecular complexity index is 1000.